The van der Waals surface area contributed by atoms with Crippen molar-refractivity contribution in [2.75, 3.05) is 13.2 Å². The monoisotopic (exact) mass is 597 g/mol. The molecule has 0 rings (SSSR count). The number of ether oxygens (including phenoxy) is 2. The Kier molecular flexibility index (Phi) is 30.5. The molecule has 0 saturated heterocycles. The lowest BCUT2D eigenvalue weighted by molar-refractivity contribution is -0.161. The summed E-state index contributed by atoms with van der Waals surface area (Å²) in [6, 6.07) is 0. The quantitative estimate of drug-likeness (QED) is 0.0617. The lowest BCUT2D eigenvalue weighted by Crippen LogP contribution is -2.28. The fourth-order valence-electron chi connectivity index (χ4n) is 5.45. The summed E-state index contributed by atoms with van der Waals surface area (Å²) >= 11 is 0. The Hall–Kier alpha value is -1.10. The first-order valence-corrected chi connectivity index (χ1v) is 18.3. The molecular formula is C37H72O5. The minimum Gasteiger partial charge on any atom is -0.462 e. The van der Waals surface area contributed by atoms with E-state index in [0.29, 0.717) is 12.8 Å². The fourth-order valence-corrected chi connectivity index (χ4v) is 5.45. The van der Waals surface area contributed by atoms with Crippen LogP contribution in [-0.2, 0) is 19.1 Å². The topological polar surface area (TPSA) is 72.8 Å². The maximum atomic E-state index is 12.1. The zero-order valence-electron chi connectivity index (χ0n) is 28.6. The van der Waals surface area contributed by atoms with Crippen LogP contribution in [0.15, 0.2) is 0 Å². The van der Waals surface area contributed by atoms with Crippen LogP contribution < -0.4 is 0 Å². The highest BCUT2D eigenvalue weighted by Crippen LogP contribution is 2.16. The Morgan fingerprint density at radius 1 is 0.476 bits per heavy atom. The molecule has 0 aromatic heterocycles. The molecule has 0 aromatic carbocycles. The molecule has 42 heavy (non-hydrogen) atoms. The Morgan fingerprint density at radius 2 is 0.786 bits per heavy atom. The molecular weight excluding hydrogens is 524 g/mol. The molecule has 0 aromatic rings. The van der Waals surface area contributed by atoms with E-state index in [-0.39, 0.29) is 25.2 Å². The van der Waals surface area contributed by atoms with Gasteiger partial charge in [0.2, 0.25) is 0 Å². The van der Waals surface area contributed by atoms with Gasteiger partial charge in [0.25, 0.3) is 0 Å². The number of rotatable bonds is 32. The molecule has 0 unspecified atom stereocenters. The van der Waals surface area contributed by atoms with Crippen LogP contribution in [0.4, 0.5) is 0 Å². The summed E-state index contributed by atoms with van der Waals surface area (Å²) in [7, 11) is 0. The molecule has 0 radical (unpaired) electrons. The molecule has 0 heterocycles. The van der Waals surface area contributed by atoms with Crippen LogP contribution in [0.5, 0.6) is 0 Å². The molecule has 0 spiro atoms. The number of carbonyl (C=O) groups is 2. The Balaban J connectivity index is 3.49. The van der Waals surface area contributed by atoms with Crippen LogP contribution in [0.25, 0.3) is 0 Å². The number of unbranched alkanes of at least 4 members (excludes halogenated alkanes) is 20. The summed E-state index contributed by atoms with van der Waals surface area (Å²) in [5, 5.41) is 9.50. The molecule has 5 heteroatoms. The standard InChI is InChI=1S/C37H72O5/c1-33(2)27-23-19-15-13-11-9-7-5-6-8-10-12-14-16-22-26-30-37(40)42-35(31-38)32-41-36(39)29-25-21-18-17-20-24-28-34(3)4/h33-35,38H,5-32H2,1-4H3/t35-/m0/s1. The zero-order valence-corrected chi connectivity index (χ0v) is 28.6. The zero-order chi connectivity index (χ0) is 31.1. The lowest BCUT2D eigenvalue weighted by Gasteiger charge is -2.15. The molecule has 0 saturated carbocycles. The maximum absolute atomic E-state index is 12.1. The van der Waals surface area contributed by atoms with Crippen molar-refractivity contribution in [2.24, 2.45) is 11.8 Å². The highest BCUT2D eigenvalue weighted by molar-refractivity contribution is 5.70. The highest BCUT2D eigenvalue weighted by atomic mass is 16.6. The summed E-state index contributed by atoms with van der Waals surface area (Å²) in [5.74, 6) is 1.05. The fraction of sp³-hybridized carbons (Fsp3) is 0.946. The molecule has 0 fully saturated rings. The number of hydrogen-bond acceptors (Lipinski definition) is 5. The van der Waals surface area contributed by atoms with Crippen molar-refractivity contribution < 1.29 is 24.2 Å². The van der Waals surface area contributed by atoms with Gasteiger partial charge in [0.1, 0.15) is 6.61 Å². The van der Waals surface area contributed by atoms with Crippen LogP contribution in [-0.4, -0.2) is 36.4 Å². The number of hydrogen-bond donors (Lipinski definition) is 1. The van der Waals surface area contributed by atoms with Crippen LogP contribution >= 0.6 is 0 Å². The Labute approximate surface area is 261 Å². The van der Waals surface area contributed by atoms with Gasteiger partial charge in [-0.2, -0.15) is 0 Å². The summed E-state index contributed by atoms with van der Waals surface area (Å²) in [6.07, 6.45) is 30.4. The summed E-state index contributed by atoms with van der Waals surface area (Å²) in [5.41, 5.74) is 0. The number of aliphatic hydroxyl groups excluding tert-OH is 1. The van der Waals surface area contributed by atoms with Gasteiger partial charge in [-0.25, -0.2) is 0 Å². The molecule has 0 aliphatic heterocycles. The molecule has 0 bridgehead atoms. The largest absolute Gasteiger partial charge is 0.462 e. The smallest absolute Gasteiger partial charge is 0.306 e. The third kappa shape index (κ3) is 31.8. The Bertz CT molecular complexity index is 589. The van der Waals surface area contributed by atoms with E-state index >= 15 is 0 Å². The molecule has 0 aliphatic rings. The SMILES string of the molecule is CC(C)CCCCCCCCCCCCCCCCCCC(=O)O[C@@H](CO)COC(=O)CCCCCCCCC(C)C. The summed E-state index contributed by atoms with van der Waals surface area (Å²) < 4.78 is 10.6. The third-order valence-corrected chi connectivity index (χ3v) is 8.26. The second-order valence-electron chi connectivity index (χ2n) is 13.6. The van der Waals surface area contributed by atoms with Gasteiger partial charge in [-0.1, -0.05) is 169 Å². The first-order chi connectivity index (χ1) is 20.3. The van der Waals surface area contributed by atoms with Crippen LogP contribution in [0, 0.1) is 11.8 Å². The number of aliphatic hydroxyl groups is 1. The van der Waals surface area contributed by atoms with E-state index in [9.17, 15) is 14.7 Å². The van der Waals surface area contributed by atoms with Crippen molar-refractivity contribution in [3.63, 3.8) is 0 Å². The molecule has 1 atom stereocenters. The minimum atomic E-state index is -0.762. The van der Waals surface area contributed by atoms with Gasteiger partial charge in [0.15, 0.2) is 6.10 Å². The molecule has 0 amide bonds. The van der Waals surface area contributed by atoms with Crippen molar-refractivity contribution in [1.82, 2.24) is 0 Å². The minimum absolute atomic E-state index is 0.0607. The number of carbonyl (C=O) groups excluding carboxylic acids is 2. The second kappa shape index (κ2) is 31.3. The summed E-state index contributed by atoms with van der Waals surface area (Å²) in [6.45, 7) is 8.78. The van der Waals surface area contributed by atoms with Crippen LogP contribution in [0.3, 0.4) is 0 Å². The van der Waals surface area contributed by atoms with E-state index in [0.717, 1.165) is 50.4 Å². The molecule has 250 valence electrons. The Morgan fingerprint density at radius 3 is 1.12 bits per heavy atom. The van der Waals surface area contributed by atoms with Gasteiger partial charge in [0, 0.05) is 12.8 Å². The third-order valence-electron chi connectivity index (χ3n) is 8.26. The maximum Gasteiger partial charge on any atom is 0.306 e. The van der Waals surface area contributed by atoms with Crippen LogP contribution in [0.1, 0.15) is 195 Å². The molecule has 0 aliphatic carbocycles. The van der Waals surface area contributed by atoms with E-state index in [4.69, 9.17) is 9.47 Å². The first kappa shape index (κ1) is 40.9. The number of esters is 2. The van der Waals surface area contributed by atoms with Crippen molar-refractivity contribution >= 4 is 11.9 Å². The lowest BCUT2D eigenvalue weighted by atomic mass is 10.0. The predicted octanol–water partition coefficient (Wildman–Crippen LogP) is 10.9. The van der Waals surface area contributed by atoms with Gasteiger partial charge in [-0.05, 0) is 24.7 Å². The highest BCUT2D eigenvalue weighted by Gasteiger charge is 2.16. The van der Waals surface area contributed by atoms with Crippen molar-refractivity contribution in [3.05, 3.63) is 0 Å². The average Bonchev–Trinajstić information content (AvgIpc) is 2.95. The van der Waals surface area contributed by atoms with Gasteiger partial charge in [0.05, 0.1) is 6.61 Å². The molecule has 1 N–H and O–H groups in total. The van der Waals surface area contributed by atoms with E-state index in [2.05, 4.69) is 27.7 Å². The van der Waals surface area contributed by atoms with Crippen molar-refractivity contribution in [2.45, 2.75) is 201 Å². The van der Waals surface area contributed by atoms with Gasteiger partial charge in [-0.15, -0.1) is 0 Å². The second-order valence-corrected chi connectivity index (χ2v) is 13.6. The van der Waals surface area contributed by atoms with Crippen LogP contribution in [0.2, 0.25) is 0 Å². The van der Waals surface area contributed by atoms with E-state index in [1.54, 1.807) is 0 Å². The molecule has 5 nitrogen and oxygen atoms in total. The summed E-state index contributed by atoms with van der Waals surface area (Å²) in [4.78, 5) is 24.1. The van der Waals surface area contributed by atoms with E-state index < -0.39 is 6.10 Å². The van der Waals surface area contributed by atoms with Gasteiger partial charge >= 0.3 is 11.9 Å². The van der Waals surface area contributed by atoms with Crippen molar-refractivity contribution in [3.8, 4) is 0 Å². The predicted molar refractivity (Wildman–Crippen MR) is 178 cm³/mol. The average molecular weight is 597 g/mol. The van der Waals surface area contributed by atoms with Gasteiger partial charge in [-0.3, -0.25) is 9.59 Å². The first-order valence-electron chi connectivity index (χ1n) is 18.3. The van der Waals surface area contributed by atoms with Crippen molar-refractivity contribution in [1.29, 1.82) is 0 Å². The van der Waals surface area contributed by atoms with Gasteiger partial charge < -0.3 is 14.6 Å². The normalized spacial score (nSPS) is 12.3. The van der Waals surface area contributed by atoms with E-state index in [1.165, 1.54) is 116 Å². The van der Waals surface area contributed by atoms with E-state index in [1.807, 2.05) is 0 Å².